The molecule has 0 saturated heterocycles. The number of rotatable bonds is 6. The second kappa shape index (κ2) is 4.23. The van der Waals surface area contributed by atoms with Gasteiger partial charge in [-0.2, -0.15) is 4.74 Å². The van der Waals surface area contributed by atoms with Crippen LogP contribution in [0.1, 0.15) is 0 Å². The highest BCUT2D eigenvalue weighted by atomic mass is 16.8. The fourth-order valence-corrected chi connectivity index (χ4v) is 0.529. The van der Waals surface area contributed by atoms with Crippen molar-refractivity contribution in [3.8, 4) is 0 Å². The molecular formula is C4H5N3O7. The average Bonchev–Trinajstić information content (AvgIpc) is 2.03. The quantitative estimate of drug-likeness (QED) is 0.250. The maximum atomic E-state index is 10.2. The molecule has 0 rings (SSSR count). The second-order valence-electron chi connectivity index (χ2n) is 1.94. The fourth-order valence-electron chi connectivity index (χ4n) is 0.529. The van der Waals surface area contributed by atoms with Gasteiger partial charge < -0.3 is 0 Å². The summed E-state index contributed by atoms with van der Waals surface area (Å²) in [6.45, 7) is 2.37. The van der Waals surface area contributed by atoms with E-state index in [9.17, 15) is 30.3 Å². The molecule has 0 saturated carbocycles. The highest BCUT2D eigenvalue weighted by Crippen LogP contribution is 2.13. The highest BCUT2D eigenvalue weighted by Gasteiger charge is 2.74. The number of hydrogen-bond acceptors (Lipinski definition) is 7. The molecule has 0 unspecified atom stereocenters. The van der Waals surface area contributed by atoms with Crippen molar-refractivity contribution >= 4 is 0 Å². The predicted molar refractivity (Wildman–Crippen MR) is 39.9 cm³/mol. The minimum absolute atomic E-state index is 0.678. The zero-order chi connectivity index (χ0) is 11.4. The normalized spacial score (nSPS) is 10.6. The van der Waals surface area contributed by atoms with Gasteiger partial charge in [0.1, 0.15) is 0 Å². The lowest BCUT2D eigenvalue weighted by Gasteiger charge is -2.05. The summed E-state index contributed by atoms with van der Waals surface area (Å²) in [5, 5.41) is 30.5. The molecule has 78 valence electrons. The first kappa shape index (κ1) is 11.9. The van der Waals surface area contributed by atoms with E-state index in [-0.39, 0.29) is 0 Å². The van der Waals surface area contributed by atoms with Gasteiger partial charge in [0.15, 0.2) is 0 Å². The van der Waals surface area contributed by atoms with Gasteiger partial charge in [-0.05, 0) is 0 Å². The summed E-state index contributed by atoms with van der Waals surface area (Å²) < 4.78 is 3.95. The van der Waals surface area contributed by atoms with E-state index in [1.807, 2.05) is 0 Å². The van der Waals surface area contributed by atoms with Gasteiger partial charge in [-0.1, -0.05) is 6.08 Å². The molecule has 0 aromatic heterocycles. The Morgan fingerprint density at radius 3 is 1.71 bits per heavy atom. The van der Waals surface area contributed by atoms with Crippen LogP contribution in [0.25, 0.3) is 0 Å². The maximum absolute atomic E-state index is 10.2. The largest absolute Gasteiger partial charge is 0.845 e. The summed E-state index contributed by atoms with van der Waals surface area (Å²) in [5.41, 5.74) is 0. The molecule has 10 nitrogen and oxygen atoms in total. The van der Waals surface area contributed by atoms with Crippen LogP contribution in [0.2, 0.25) is 0 Å². The Morgan fingerprint density at radius 1 is 1.14 bits per heavy atom. The number of nitro groups is 3. The zero-order valence-corrected chi connectivity index (χ0v) is 6.69. The molecule has 0 fully saturated rings. The minimum atomic E-state index is -3.85. The van der Waals surface area contributed by atoms with Crippen molar-refractivity contribution < 1.29 is 19.5 Å². The van der Waals surface area contributed by atoms with Gasteiger partial charge >= 0.3 is 5.97 Å². The standard InChI is InChI=1S/C4H5N3O7/c1-2-3-14-4(5(8)9,6(10)11)7(12)13/h2H,1,3H2. The topological polar surface area (TPSA) is 139 Å². The van der Waals surface area contributed by atoms with Crippen LogP contribution in [0.3, 0.4) is 0 Å². The molecule has 0 heterocycles. The molecule has 0 atom stereocenters. The first-order valence-corrected chi connectivity index (χ1v) is 3.08. The van der Waals surface area contributed by atoms with Crippen LogP contribution in [0, 0.1) is 30.3 Å². The zero-order valence-electron chi connectivity index (χ0n) is 6.69. The molecule has 0 spiro atoms. The summed E-state index contributed by atoms with van der Waals surface area (Å²) in [7, 11) is 0. The van der Waals surface area contributed by atoms with Crippen LogP contribution in [0.4, 0.5) is 0 Å². The number of ether oxygens (including phenoxy) is 1. The van der Waals surface area contributed by atoms with Crippen molar-refractivity contribution in [1.82, 2.24) is 0 Å². The summed E-state index contributed by atoms with van der Waals surface area (Å²) >= 11 is 0. The Bertz CT molecular complexity index is 251. The van der Waals surface area contributed by atoms with Gasteiger partial charge in [-0.15, -0.1) is 6.58 Å². The number of hydrogen-bond donors (Lipinski definition) is 0. The lowest BCUT2D eigenvalue weighted by atomic mass is 10.6. The van der Waals surface area contributed by atoms with Crippen molar-refractivity contribution in [1.29, 1.82) is 0 Å². The van der Waals surface area contributed by atoms with Crippen molar-refractivity contribution in [3.63, 3.8) is 0 Å². The van der Waals surface area contributed by atoms with Crippen molar-refractivity contribution in [2.45, 2.75) is 5.97 Å². The van der Waals surface area contributed by atoms with Gasteiger partial charge in [0, 0.05) is 0 Å². The summed E-state index contributed by atoms with van der Waals surface area (Å²) in [4.78, 5) is 25.3. The Morgan fingerprint density at radius 2 is 1.50 bits per heavy atom. The third-order valence-electron chi connectivity index (χ3n) is 1.11. The van der Waals surface area contributed by atoms with Crippen molar-refractivity contribution in [2.75, 3.05) is 6.61 Å². The maximum Gasteiger partial charge on any atom is 0.845 e. The Hall–Kier alpha value is -2.10. The van der Waals surface area contributed by atoms with Crippen LogP contribution in [0.5, 0.6) is 0 Å². The number of nitrogens with zero attached hydrogens (tertiary/aromatic N) is 3. The highest BCUT2D eigenvalue weighted by molar-refractivity contribution is 4.64. The van der Waals surface area contributed by atoms with E-state index in [1.54, 1.807) is 0 Å². The molecule has 0 aromatic carbocycles. The van der Waals surface area contributed by atoms with E-state index in [0.29, 0.717) is 0 Å². The second-order valence-corrected chi connectivity index (χ2v) is 1.94. The van der Waals surface area contributed by atoms with Gasteiger partial charge in [0.05, 0.1) is 6.61 Å². The van der Waals surface area contributed by atoms with Crippen LogP contribution in [-0.4, -0.2) is 27.3 Å². The van der Waals surface area contributed by atoms with Crippen molar-refractivity contribution in [3.05, 3.63) is 43.0 Å². The minimum Gasteiger partial charge on any atom is -0.250 e. The van der Waals surface area contributed by atoms with E-state index < -0.39 is 27.3 Å². The molecule has 0 bridgehead atoms. The van der Waals surface area contributed by atoms with Crippen LogP contribution < -0.4 is 0 Å². The third-order valence-corrected chi connectivity index (χ3v) is 1.11. The average molecular weight is 207 g/mol. The summed E-state index contributed by atoms with van der Waals surface area (Å²) in [6.07, 6.45) is 0.922. The van der Waals surface area contributed by atoms with E-state index >= 15 is 0 Å². The van der Waals surface area contributed by atoms with Gasteiger partial charge in [0.25, 0.3) is 0 Å². The van der Waals surface area contributed by atoms with Crippen LogP contribution in [-0.2, 0) is 4.74 Å². The van der Waals surface area contributed by atoms with Crippen LogP contribution in [0.15, 0.2) is 12.7 Å². The molecule has 0 aliphatic carbocycles. The van der Waals surface area contributed by atoms with E-state index in [4.69, 9.17) is 0 Å². The molecule has 0 N–H and O–H groups in total. The van der Waals surface area contributed by atoms with E-state index in [0.717, 1.165) is 6.08 Å². The van der Waals surface area contributed by atoms with Gasteiger partial charge in [-0.3, -0.25) is 30.3 Å². The third kappa shape index (κ3) is 1.80. The summed E-state index contributed by atoms with van der Waals surface area (Å²) in [6, 6.07) is 0. The monoisotopic (exact) mass is 207 g/mol. The molecule has 10 heteroatoms. The predicted octanol–water partition coefficient (Wildman–Crippen LogP) is -0.370. The molecule has 0 aliphatic heterocycles. The molecule has 0 amide bonds. The first-order valence-electron chi connectivity index (χ1n) is 3.08. The SMILES string of the molecule is C=CCOC([N+](=O)[O-])([N+](=O)[O-])[N+](=O)[O-]. The van der Waals surface area contributed by atoms with E-state index in [2.05, 4.69) is 11.3 Å². The Labute approximate surface area is 76.2 Å². The first-order chi connectivity index (χ1) is 6.39. The summed E-state index contributed by atoms with van der Waals surface area (Å²) in [5.74, 6) is -3.85. The fraction of sp³-hybridized carbons (Fsp3) is 0.500. The molecular weight excluding hydrogens is 202 g/mol. The van der Waals surface area contributed by atoms with Gasteiger partial charge in [0.2, 0.25) is 14.8 Å². The molecule has 0 aromatic rings. The van der Waals surface area contributed by atoms with E-state index in [1.165, 1.54) is 0 Å². The molecule has 14 heavy (non-hydrogen) atoms. The lowest BCUT2D eigenvalue weighted by molar-refractivity contribution is -1.02. The molecule has 0 aliphatic rings. The Balaban J connectivity index is 5.15. The Kier molecular flexibility index (Phi) is 3.59. The lowest BCUT2D eigenvalue weighted by Crippen LogP contribution is -2.55. The smallest absolute Gasteiger partial charge is 0.250 e. The van der Waals surface area contributed by atoms with Crippen LogP contribution >= 0.6 is 0 Å². The van der Waals surface area contributed by atoms with Crippen molar-refractivity contribution in [2.24, 2.45) is 0 Å². The molecule has 0 radical (unpaired) electrons. The van der Waals surface area contributed by atoms with Gasteiger partial charge in [-0.25, -0.2) is 0 Å².